The number of allylic oxidation sites excluding steroid dienone is 2. The predicted molar refractivity (Wildman–Crippen MR) is 163 cm³/mol. The maximum absolute atomic E-state index is 10.6. The summed E-state index contributed by atoms with van der Waals surface area (Å²) in [6, 6.07) is 7.09. The summed E-state index contributed by atoms with van der Waals surface area (Å²) in [5.74, 6) is 1.07. The van der Waals surface area contributed by atoms with Gasteiger partial charge >= 0.3 is 64.9 Å². The van der Waals surface area contributed by atoms with Gasteiger partial charge in [-0.3, -0.25) is 9.59 Å². The Kier molecular flexibility index (Phi) is 33.0. The standard InChI is InChI=1S/C9H10N2O.C5H5BrN2.C4H6O.4HI.2V/c1-7(12)2-3-8-4-5-9(10)11-6-8;6-4-1-2-5(7)8-3-4;1-3-4(2)5;;;;;;/h2-6H,1H3,(H2,10,11);1-3H,(H2,7,8);3H,1H2,2H3;4*1H;;/q;;;;;;;;+3/p-3/b3-2+;;;;;;;;. The molecule has 0 bridgehead atoms. The monoisotopic (exact) mass is 1010 g/mol. The van der Waals surface area contributed by atoms with Gasteiger partial charge in [-0.1, -0.05) is 6.58 Å². The number of carbonyl (C=O) groups is 2. The van der Waals surface area contributed by atoms with Crippen molar-refractivity contribution in [3.8, 4) is 0 Å². The van der Waals surface area contributed by atoms with Crippen LogP contribution in [0.4, 0.5) is 11.6 Å². The van der Waals surface area contributed by atoms with Crippen LogP contribution in [-0.4, -0.2) is 21.5 Å². The van der Waals surface area contributed by atoms with Crippen molar-refractivity contribution in [3.63, 3.8) is 0 Å². The number of hydrogen-bond acceptors (Lipinski definition) is 6. The average Bonchev–Trinajstić information content (AvgIpc) is 2.64. The number of nitrogens with zero attached hydrogens (tertiary/aromatic N) is 2. The van der Waals surface area contributed by atoms with Crippen LogP contribution < -0.4 is 11.5 Å². The summed E-state index contributed by atoms with van der Waals surface area (Å²) in [5, 5.41) is 0. The molecule has 0 amide bonds. The van der Waals surface area contributed by atoms with Gasteiger partial charge in [-0.05, 0) is 77.8 Å². The van der Waals surface area contributed by atoms with Gasteiger partial charge in [0.1, 0.15) is 11.6 Å². The quantitative estimate of drug-likeness (QED) is 0.261. The van der Waals surface area contributed by atoms with Gasteiger partial charge in [-0.15, -0.1) is 24.0 Å². The van der Waals surface area contributed by atoms with E-state index in [1.807, 2.05) is 12.1 Å². The van der Waals surface area contributed by atoms with Gasteiger partial charge in [-0.2, -0.15) is 0 Å². The summed E-state index contributed by atoms with van der Waals surface area (Å²) in [6.07, 6.45) is 7.76. The topological polar surface area (TPSA) is 112 Å². The van der Waals surface area contributed by atoms with Gasteiger partial charge in [0.25, 0.3) is 0 Å². The van der Waals surface area contributed by atoms with Crippen molar-refractivity contribution < 1.29 is 33.1 Å². The van der Waals surface area contributed by atoms with Crippen LogP contribution >= 0.6 is 99.8 Å². The number of carbonyl (C=O) groups excluding carboxylic acids is 2. The molecule has 1 radical (unpaired) electrons. The van der Waals surface area contributed by atoms with Crippen LogP contribution in [0, 0.1) is 0 Å². The van der Waals surface area contributed by atoms with E-state index in [1.165, 1.54) is 26.0 Å². The van der Waals surface area contributed by atoms with E-state index in [-0.39, 0.29) is 59.0 Å². The normalized spacial score (nSPS) is 8.61. The van der Waals surface area contributed by atoms with Gasteiger partial charge in [0.2, 0.25) is 0 Å². The van der Waals surface area contributed by atoms with Crippen LogP contribution in [-0.2, 0) is 33.1 Å². The Balaban J connectivity index is -0.000000168. The first-order valence-electron chi connectivity index (χ1n) is 7.65. The SMILES string of the molecule is C=CC(C)=O.CC(=O)/C=C/c1ccc(N)nc1.I.Nc1ccc(Br)cn1.[I][V]([I])[I].[V]. The van der Waals surface area contributed by atoms with Crippen molar-refractivity contribution in [3.05, 3.63) is 65.4 Å². The van der Waals surface area contributed by atoms with Crippen LogP contribution in [0.25, 0.3) is 6.08 Å². The van der Waals surface area contributed by atoms with Crippen molar-refractivity contribution >= 4 is 129 Å². The molecule has 2 aromatic rings. The Bertz CT molecular complexity index is 757. The summed E-state index contributed by atoms with van der Waals surface area (Å²) in [6.45, 7) is 6.18. The van der Waals surface area contributed by atoms with E-state index in [0.717, 1.165) is 10.0 Å². The molecule has 0 aliphatic heterocycles. The molecule has 4 N–H and O–H groups in total. The summed E-state index contributed by atoms with van der Waals surface area (Å²) >= 11 is 10.6. The summed E-state index contributed by atoms with van der Waals surface area (Å²) in [4.78, 5) is 27.7. The maximum Gasteiger partial charge on any atom is 0 e. The molecule has 0 spiro atoms. The van der Waals surface area contributed by atoms with E-state index in [1.54, 1.807) is 30.6 Å². The molecule has 13 heteroatoms. The van der Waals surface area contributed by atoms with Gasteiger partial charge < -0.3 is 11.5 Å². The fourth-order valence-electron chi connectivity index (χ4n) is 1.12. The first-order chi connectivity index (χ1) is 13.5. The molecule has 0 unspecified atom stereocenters. The molecule has 2 rings (SSSR count). The van der Waals surface area contributed by atoms with Crippen molar-refractivity contribution in [1.29, 1.82) is 0 Å². The summed E-state index contributed by atoms with van der Waals surface area (Å²) in [5.41, 5.74) is 11.5. The second-order valence-corrected chi connectivity index (χ2v) is 41.2. The minimum absolute atomic E-state index is 0. The fourth-order valence-corrected chi connectivity index (χ4v) is 1.35. The fraction of sp³-hybridized carbons (Fsp3) is 0.111. The number of hydrogen-bond donors (Lipinski definition) is 2. The number of halogens is 5. The average molecular weight is 1020 g/mol. The van der Waals surface area contributed by atoms with Gasteiger partial charge in [0, 0.05) is 35.4 Å². The first-order valence-corrected chi connectivity index (χ1v) is 22.0. The van der Waals surface area contributed by atoms with E-state index in [0.29, 0.717) is 11.6 Å². The van der Waals surface area contributed by atoms with Gasteiger partial charge in [0.15, 0.2) is 11.6 Å². The molecule has 2 heterocycles. The number of ketones is 2. The van der Waals surface area contributed by atoms with Crippen LogP contribution in [0.3, 0.4) is 0 Å². The van der Waals surface area contributed by atoms with Crippen molar-refractivity contribution in [2.45, 2.75) is 13.8 Å². The minimum Gasteiger partial charge on any atom is 0 e. The Morgan fingerprint density at radius 2 is 1.42 bits per heavy atom. The molecular formula is C18H22BrI4N4O2V2. The number of aromatic nitrogens is 2. The smallest absolute Gasteiger partial charge is 0 e. The molecule has 0 saturated carbocycles. The number of pyridine rings is 2. The third-order valence-electron chi connectivity index (χ3n) is 2.36. The second-order valence-electron chi connectivity index (χ2n) is 4.87. The zero-order valence-corrected chi connectivity index (χ0v) is 29.8. The zero-order valence-electron chi connectivity index (χ0n) is 16.6. The van der Waals surface area contributed by atoms with E-state index >= 15 is 0 Å². The van der Waals surface area contributed by atoms with Crippen LogP contribution in [0.5, 0.6) is 0 Å². The van der Waals surface area contributed by atoms with Crippen LogP contribution in [0.15, 0.2) is 59.9 Å². The molecule has 6 nitrogen and oxygen atoms in total. The Morgan fingerprint density at radius 1 is 1.00 bits per heavy atom. The van der Waals surface area contributed by atoms with Gasteiger partial charge in [0.05, 0.1) is 0 Å². The molecule has 171 valence electrons. The molecule has 0 atom stereocenters. The molecule has 0 aromatic carbocycles. The third-order valence-corrected chi connectivity index (χ3v) is 2.83. The Morgan fingerprint density at radius 3 is 1.68 bits per heavy atom. The van der Waals surface area contributed by atoms with Crippen LogP contribution in [0.2, 0.25) is 0 Å². The van der Waals surface area contributed by atoms with E-state index < -0.39 is 0 Å². The zero-order chi connectivity index (χ0) is 22.8. The molecule has 0 fully saturated rings. The number of nitrogens with two attached hydrogens (primary N) is 2. The molecule has 2 aromatic heterocycles. The van der Waals surface area contributed by atoms with Gasteiger partial charge in [-0.25, -0.2) is 9.97 Å². The molecular weight excluding hydrogens is 994 g/mol. The predicted octanol–water partition coefficient (Wildman–Crippen LogP) is 6.72. The Labute approximate surface area is 258 Å². The minimum atomic E-state index is -0.278. The molecule has 0 aliphatic carbocycles. The Hall–Kier alpha value is 1.29. The summed E-state index contributed by atoms with van der Waals surface area (Å²) < 4.78 is 0.951. The van der Waals surface area contributed by atoms with E-state index in [4.69, 9.17) is 11.5 Å². The second kappa shape index (κ2) is 25.9. The van der Waals surface area contributed by atoms with Crippen molar-refractivity contribution in [2.75, 3.05) is 11.5 Å². The van der Waals surface area contributed by atoms with Crippen molar-refractivity contribution in [2.24, 2.45) is 0 Å². The number of nitrogen functional groups attached to an aromatic ring is 2. The first kappa shape index (κ1) is 39.5. The molecule has 31 heavy (non-hydrogen) atoms. The van der Waals surface area contributed by atoms with E-state index in [9.17, 15) is 9.59 Å². The van der Waals surface area contributed by atoms with Crippen molar-refractivity contribution in [1.82, 2.24) is 9.97 Å². The summed E-state index contributed by atoms with van der Waals surface area (Å²) in [7, 11) is 0. The number of rotatable bonds is 3. The number of anilines is 2. The molecule has 0 saturated heterocycles. The third kappa shape index (κ3) is 33.5. The largest absolute Gasteiger partial charge is 0 e. The van der Waals surface area contributed by atoms with E-state index in [2.05, 4.69) is 92.4 Å². The van der Waals surface area contributed by atoms with Crippen LogP contribution in [0.1, 0.15) is 19.4 Å². The maximum atomic E-state index is 10.6. The molecule has 0 aliphatic rings.